The molecule has 0 radical (unpaired) electrons. The van der Waals surface area contributed by atoms with Gasteiger partial charge in [-0.25, -0.2) is 8.78 Å². The Labute approximate surface area is 121 Å². The number of halogens is 12. The van der Waals surface area contributed by atoms with Crippen LogP contribution in [0.15, 0.2) is 0 Å². The molecule has 0 aliphatic heterocycles. The van der Waals surface area contributed by atoms with Crippen LogP contribution < -0.4 is 0 Å². The molecule has 0 aromatic rings. The maximum atomic E-state index is 13.2. The van der Waals surface area contributed by atoms with Gasteiger partial charge in [0.05, 0.1) is 0 Å². The predicted molar refractivity (Wildman–Crippen MR) is 55.4 cm³/mol. The van der Waals surface area contributed by atoms with E-state index in [2.05, 4.69) is 69.6 Å². The van der Waals surface area contributed by atoms with Crippen LogP contribution in [0.3, 0.4) is 0 Å². The minimum absolute atomic E-state index is 3.88. The van der Waals surface area contributed by atoms with E-state index in [-0.39, 0.29) is 0 Å². The highest BCUT2D eigenvalue weighted by Gasteiger charge is 2.81. The predicted octanol–water partition coefficient (Wildman–Crippen LogP) is 5.63. The average molecular weight is 387 g/mol. The van der Waals surface area contributed by atoms with Gasteiger partial charge in [-0.3, -0.25) is 0 Å². The first kappa shape index (κ1) is 18.3. The largest absolute Gasteiger partial charge is 0.362 e. The lowest BCUT2D eigenvalue weighted by Crippen LogP contribution is -2.63. The molecule has 1 unspecified atom stereocenters. The SMILES string of the molecule is FC(Cl)(Cl)C(F)(F)C(F)(Cl)C(F)(F)C(Cl)(Cl)Cl. The standard InChI is InChI=1S/C5Cl6F6/c6-1(12,2(13,14)4(7,8)9)3(15,16)5(10,11)17. The van der Waals surface area contributed by atoms with Crippen molar-refractivity contribution in [2.45, 2.75) is 25.4 Å². The third-order valence-corrected chi connectivity index (χ3v) is 3.16. The van der Waals surface area contributed by atoms with Crippen LogP contribution in [-0.2, 0) is 0 Å². The van der Waals surface area contributed by atoms with Crippen molar-refractivity contribution in [3.8, 4) is 0 Å². The van der Waals surface area contributed by atoms with E-state index in [9.17, 15) is 26.3 Å². The average Bonchev–Trinajstić information content (AvgIpc) is 1.98. The van der Waals surface area contributed by atoms with Crippen LogP contribution in [0.2, 0.25) is 0 Å². The van der Waals surface area contributed by atoms with Gasteiger partial charge >= 0.3 is 21.6 Å². The van der Waals surface area contributed by atoms with Gasteiger partial charge in [0.15, 0.2) is 0 Å². The number of hydrogen-bond donors (Lipinski definition) is 0. The maximum Gasteiger partial charge on any atom is 0.362 e. The zero-order valence-electron chi connectivity index (χ0n) is 7.04. The van der Waals surface area contributed by atoms with Crippen molar-refractivity contribution in [1.82, 2.24) is 0 Å². The zero-order chi connectivity index (χ0) is 14.5. The summed E-state index contributed by atoms with van der Waals surface area (Å²) >= 11 is 26.5. The molecule has 0 saturated heterocycles. The molecule has 0 amide bonds. The molecule has 0 N–H and O–H groups in total. The molecule has 0 aromatic carbocycles. The van der Waals surface area contributed by atoms with Crippen molar-refractivity contribution in [3.05, 3.63) is 0 Å². The molecule has 0 fully saturated rings. The quantitative estimate of drug-likeness (QED) is 0.435. The molecular formula is C5Cl6F6. The zero-order valence-corrected chi connectivity index (χ0v) is 11.6. The summed E-state index contributed by atoms with van der Waals surface area (Å²) < 4.78 is 69.2. The summed E-state index contributed by atoms with van der Waals surface area (Å²) in [5, 5.41) is -5.47. The molecule has 12 heteroatoms. The first-order chi connectivity index (χ1) is 7.00. The second kappa shape index (κ2) is 4.70. The Morgan fingerprint density at radius 1 is 0.529 bits per heavy atom. The Balaban J connectivity index is 5.73. The summed E-state index contributed by atoms with van der Waals surface area (Å²) in [4.78, 5) is 0. The fourth-order valence-corrected chi connectivity index (χ4v) is 1.72. The van der Waals surface area contributed by atoms with Crippen LogP contribution in [0.1, 0.15) is 0 Å². The molecule has 0 aromatic heterocycles. The van der Waals surface area contributed by atoms with Crippen LogP contribution >= 0.6 is 69.6 Å². The van der Waals surface area contributed by atoms with E-state index >= 15 is 0 Å². The molecule has 0 spiro atoms. The third-order valence-electron chi connectivity index (χ3n) is 1.50. The van der Waals surface area contributed by atoms with E-state index in [0.717, 1.165) is 0 Å². The van der Waals surface area contributed by atoms with Crippen LogP contribution in [0.4, 0.5) is 26.3 Å². The lowest BCUT2D eigenvalue weighted by Gasteiger charge is -2.39. The molecule has 0 bridgehead atoms. The summed E-state index contributed by atoms with van der Waals surface area (Å²) in [6, 6.07) is 0. The molecule has 104 valence electrons. The molecule has 0 saturated carbocycles. The van der Waals surface area contributed by atoms with E-state index < -0.39 is 25.4 Å². The monoisotopic (exact) mass is 384 g/mol. The van der Waals surface area contributed by atoms with Crippen molar-refractivity contribution >= 4 is 69.6 Å². The summed E-state index contributed by atoms with van der Waals surface area (Å²) in [5.74, 6) is -11.3. The highest BCUT2D eigenvalue weighted by atomic mass is 35.6. The van der Waals surface area contributed by atoms with Gasteiger partial charge in [-0.1, -0.05) is 69.6 Å². The van der Waals surface area contributed by atoms with Gasteiger partial charge < -0.3 is 0 Å². The lowest BCUT2D eigenvalue weighted by molar-refractivity contribution is -0.223. The van der Waals surface area contributed by atoms with Gasteiger partial charge in [-0.05, 0) is 0 Å². The van der Waals surface area contributed by atoms with Gasteiger partial charge in [0, 0.05) is 0 Å². The van der Waals surface area contributed by atoms with Crippen molar-refractivity contribution in [1.29, 1.82) is 0 Å². The van der Waals surface area contributed by atoms with Crippen LogP contribution in [-0.4, -0.2) is 25.4 Å². The van der Waals surface area contributed by atoms with Crippen LogP contribution in [0, 0.1) is 0 Å². The normalized spacial score (nSPS) is 19.1. The van der Waals surface area contributed by atoms with E-state index in [4.69, 9.17) is 0 Å². The number of rotatable bonds is 3. The Kier molecular flexibility index (Phi) is 5.07. The van der Waals surface area contributed by atoms with Crippen LogP contribution in [0.25, 0.3) is 0 Å². The van der Waals surface area contributed by atoms with Crippen molar-refractivity contribution in [2.75, 3.05) is 0 Å². The summed E-state index contributed by atoms with van der Waals surface area (Å²) in [7, 11) is 0. The van der Waals surface area contributed by atoms with Crippen molar-refractivity contribution in [3.63, 3.8) is 0 Å². The second-order valence-electron chi connectivity index (χ2n) is 2.72. The lowest BCUT2D eigenvalue weighted by atomic mass is 10.1. The van der Waals surface area contributed by atoms with Crippen molar-refractivity contribution < 1.29 is 26.3 Å². The Morgan fingerprint density at radius 2 is 0.824 bits per heavy atom. The highest BCUT2D eigenvalue weighted by Crippen LogP contribution is 2.61. The number of alkyl halides is 12. The summed E-state index contributed by atoms with van der Waals surface area (Å²) in [6.07, 6.45) is 0. The van der Waals surface area contributed by atoms with E-state index in [0.29, 0.717) is 0 Å². The fraction of sp³-hybridized carbons (Fsp3) is 1.00. The molecule has 0 aliphatic rings. The molecule has 0 heterocycles. The Morgan fingerprint density at radius 3 is 1.00 bits per heavy atom. The summed E-state index contributed by atoms with van der Waals surface area (Å²) in [5.41, 5.74) is 0. The topological polar surface area (TPSA) is 0 Å². The second-order valence-corrected chi connectivity index (χ2v) is 6.76. The summed E-state index contributed by atoms with van der Waals surface area (Å²) in [6.45, 7) is 0. The minimum atomic E-state index is -5.77. The molecule has 17 heavy (non-hydrogen) atoms. The van der Waals surface area contributed by atoms with Gasteiger partial charge in [0.25, 0.3) is 3.79 Å². The molecule has 0 aliphatic carbocycles. The molecular weight excluding hydrogens is 387 g/mol. The van der Waals surface area contributed by atoms with Gasteiger partial charge in [0.2, 0.25) is 0 Å². The van der Waals surface area contributed by atoms with Crippen molar-refractivity contribution in [2.24, 2.45) is 0 Å². The minimum Gasteiger partial charge on any atom is -0.212 e. The Hall–Kier alpha value is 1.32. The van der Waals surface area contributed by atoms with Gasteiger partial charge in [0.1, 0.15) is 0 Å². The smallest absolute Gasteiger partial charge is 0.212 e. The molecule has 1 atom stereocenters. The van der Waals surface area contributed by atoms with E-state index in [1.807, 2.05) is 0 Å². The first-order valence-corrected chi connectivity index (χ1v) is 5.54. The molecule has 0 rings (SSSR count). The van der Waals surface area contributed by atoms with E-state index in [1.165, 1.54) is 0 Å². The molecule has 0 nitrogen and oxygen atoms in total. The third kappa shape index (κ3) is 2.92. The highest BCUT2D eigenvalue weighted by molar-refractivity contribution is 6.68. The number of hydrogen-bond acceptors (Lipinski definition) is 0. The first-order valence-electron chi connectivity index (χ1n) is 3.27. The Bertz CT molecular complexity index is 262. The van der Waals surface area contributed by atoms with Gasteiger partial charge in [-0.2, -0.15) is 17.6 Å². The van der Waals surface area contributed by atoms with Crippen LogP contribution in [0.5, 0.6) is 0 Å². The van der Waals surface area contributed by atoms with E-state index in [1.54, 1.807) is 0 Å². The fourth-order valence-electron chi connectivity index (χ4n) is 0.553. The van der Waals surface area contributed by atoms with Gasteiger partial charge in [-0.15, -0.1) is 0 Å². The maximum absolute atomic E-state index is 13.2.